The number of aliphatic hydroxyl groups is 2. The van der Waals surface area contributed by atoms with Crippen molar-refractivity contribution in [2.75, 3.05) is 6.61 Å². The Morgan fingerprint density at radius 3 is 1.05 bits per heavy atom. The molecule has 362 valence electrons. The monoisotopic (exact) mass is 866 g/mol. The van der Waals surface area contributed by atoms with E-state index in [-0.39, 0.29) is 12.5 Å². The molecule has 0 saturated carbocycles. The minimum Gasteiger partial charge on any atom is -0.394 e. The van der Waals surface area contributed by atoms with Gasteiger partial charge in [0.2, 0.25) is 5.91 Å². The normalized spacial score (nSPS) is 13.3. The van der Waals surface area contributed by atoms with Crippen molar-refractivity contribution in [1.29, 1.82) is 0 Å². The zero-order chi connectivity index (χ0) is 44.9. The van der Waals surface area contributed by atoms with Crippen LogP contribution >= 0.6 is 0 Å². The number of unbranched alkanes of at least 4 members (excludes halogenated alkanes) is 35. The Morgan fingerprint density at radius 1 is 0.387 bits per heavy atom. The van der Waals surface area contributed by atoms with Crippen molar-refractivity contribution in [3.05, 3.63) is 60.8 Å². The Kier molecular flexibility index (Phi) is 51.8. The highest BCUT2D eigenvalue weighted by Gasteiger charge is 2.17. The molecule has 0 aromatic heterocycles. The molecule has 0 rings (SSSR count). The predicted octanol–water partition coefficient (Wildman–Crippen LogP) is 18.0. The van der Waals surface area contributed by atoms with E-state index in [4.69, 9.17) is 0 Å². The first kappa shape index (κ1) is 60.1. The van der Waals surface area contributed by atoms with E-state index in [9.17, 15) is 15.0 Å². The molecule has 0 radical (unpaired) electrons. The molecule has 62 heavy (non-hydrogen) atoms. The van der Waals surface area contributed by atoms with Crippen LogP contribution in [-0.2, 0) is 4.79 Å². The Bertz CT molecular complexity index is 1030. The van der Waals surface area contributed by atoms with Crippen molar-refractivity contribution in [3.63, 3.8) is 0 Å². The topological polar surface area (TPSA) is 69.6 Å². The fourth-order valence-electron chi connectivity index (χ4n) is 8.26. The third-order valence-electron chi connectivity index (χ3n) is 12.5. The predicted molar refractivity (Wildman–Crippen MR) is 276 cm³/mol. The molecule has 0 saturated heterocycles. The van der Waals surface area contributed by atoms with Crippen molar-refractivity contribution < 1.29 is 15.0 Å². The van der Waals surface area contributed by atoms with E-state index in [1.165, 1.54) is 205 Å². The largest absolute Gasteiger partial charge is 0.394 e. The summed E-state index contributed by atoms with van der Waals surface area (Å²) in [6, 6.07) is -0.650. The van der Waals surface area contributed by atoms with Crippen LogP contribution < -0.4 is 5.32 Å². The van der Waals surface area contributed by atoms with Gasteiger partial charge in [-0.1, -0.05) is 267 Å². The molecule has 0 aromatic carbocycles. The summed E-state index contributed by atoms with van der Waals surface area (Å²) in [6.45, 7) is 4.30. The van der Waals surface area contributed by atoms with Crippen molar-refractivity contribution in [2.24, 2.45) is 0 Å². The Labute approximate surface area is 387 Å². The molecule has 0 fully saturated rings. The van der Waals surface area contributed by atoms with Gasteiger partial charge < -0.3 is 15.5 Å². The SMILES string of the molecule is CCCCCCC/C=C\C/C=C\C/C=C\CCCCCCCCC(=O)NC(CO)C(O)/C=C/CC/C=C/CCCCCCCCCCCCCCCCCCCCCCCCC. The molecule has 0 spiro atoms. The molecule has 4 nitrogen and oxygen atoms in total. The second-order valence-electron chi connectivity index (χ2n) is 18.6. The molecule has 0 aliphatic rings. The molecular weight excluding hydrogens is 759 g/mol. The van der Waals surface area contributed by atoms with E-state index in [1.807, 2.05) is 6.08 Å². The second kappa shape index (κ2) is 53.4. The van der Waals surface area contributed by atoms with Crippen LogP contribution in [0.3, 0.4) is 0 Å². The lowest BCUT2D eigenvalue weighted by Gasteiger charge is -2.19. The van der Waals surface area contributed by atoms with Gasteiger partial charge in [-0.25, -0.2) is 0 Å². The third-order valence-corrected chi connectivity index (χ3v) is 12.5. The number of carbonyl (C=O) groups is 1. The van der Waals surface area contributed by atoms with E-state index in [0.29, 0.717) is 6.42 Å². The first-order valence-electron chi connectivity index (χ1n) is 27.5. The van der Waals surface area contributed by atoms with Crippen LogP contribution in [0.1, 0.15) is 284 Å². The van der Waals surface area contributed by atoms with Gasteiger partial charge in [0.05, 0.1) is 18.8 Å². The number of hydrogen-bond donors (Lipinski definition) is 3. The number of aliphatic hydroxyl groups excluding tert-OH is 2. The smallest absolute Gasteiger partial charge is 0.220 e. The van der Waals surface area contributed by atoms with Crippen LogP contribution in [0.2, 0.25) is 0 Å². The van der Waals surface area contributed by atoms with Crippen molar-refractivity contribution in [2.45, 2.75) is 296 Å². The summed E-state index contributed by atoms with van der Waals surface area (Å²) >= 11 is 0. The molecule has 2 unspecified atom stereocenters. The Balaban J connectivity index is 3.56. The minimum atomic E-state index is -0.871. The lowest BCUT2D eigenvalue weighted by atomic mass is 10.0. The van der Waals surface area contributed by atoms with E-state index < -0.39 is 12.1 Å². The summed E-state index contributed by atoms with van der Waals surface area (Å²) in [5.74, 6) is -0.0852. The van der Waals surface area contributed by atoms with Gasteiger partial charge in [-0.15, -0.1) is 0 Å². The highest BCUT2D eigenvalue weighted by molar-refractivity contribution is 5.76. The lowest BCUT2D eigenvalue weighted by molar-refractivity contribution is -0.123. The van der Waals surface area contributed by atoms with Gasteiger partial charge in [0.15, 0.2) is 0 Å². The number of carbonyl (C=O) groups excluding carboxylic acids is 1. The summed E-state index contributed by atoms with van der Waals surface area (Å²) < 4.78 is 0. The summed E-state index contributed by atoms with van der Waals surface area (Å²) in [7, 11) is 0. The standard InChI is InChI=1S/C58H107NO3/c1-3-5-7-9-11-13-15-17-19-21-23-25-26-27-28-29-30-31-32-34-35-37-39-41-43-45-47-49-51-53-57(61)56(55-60)59-58(62)54-52-50-48-46-44-42-40-38-36-33-24-22-20-18-16-14-12-10-8-6-4-2/h16,18,22,24,36,38,43,45,51,53,56-57,60-61H,3-15,17,19-21,23,25-35,37,39-42,44,46-50,52,54-55H2,1-2H3,(H,59,62)/b18-16-,24-22-,38-36-,45-43+,53-51+. The van der Waals surface area contributed by atoms with Gasteiger partial charge in [-0.2, -0.15) is 0 Å². The zero-order valence-corrected chi connectivity index (χ0v) is 41.6. The fraction of sp³-hybridized carbons (Fsp3) is 0.810. The van der Waals surface area contributed by atoms with E-state index >= 15 is 0 Å². The number of rotatable bonds is 50. The summed E-state index contributed by atoms with van der Waals surface area (Å²) in [4.78, 5) is 12.4. The highest BCUT2D eigenvalue weighted by atomic mass is 16.3. The lowest BCUT2D eigenvalue weighted by Crippen LogP contribution is -2.45. The van der Waals surface area contributed by atoms with E-state index in [0.717, 1.165) is 57.8 Å². The summed E-state index contributed by atoms with van der Waals surface area (Å²) in [5.41, 5.74) is 0. The van der Waals surface area contributed by atoms with Gasteiger partial charge in [0.1, 0.15) is 0 Å². The fourth-order valence-corrected chi connectivity index (χ4v) is 8.26. The van der Waals surface area contributed by atoms with Gasteiger partial charge in [-0.3, -0.25) is 4.79 Å². The molecule has 1 amide bonds. The zero-order valence-electron chi connectivity index (χ0n) is 41.6. The van der Waals surface area contributed by atoms with Crippen LogP contribution in [0.5, 0.6) is 0 Å². The van der Waals surface area contributed by atoms with E-state index in [2.05, 4.69) is 67.8 Å². The third kappa shape index (κ3) is 49.1. The number of nitrogens with one attached hydrogen (secondary N) is 1. The molecule has 0 aliphatic carbocycles. The average molecular weight is 866 g/mol. The number of amides is 1. The maximum Gasteiger partial charge on any atom is 0.220 e. The Morgan fingerprint density at radius 2 is 0.677 bits per heavy atom. The van der Waals surface area contributed by atoms with Crippen LogP contribution in [0.25, 0.3) is 0 Å². The van der Waals surface area contributed by atoms with Crippen molar-refractivity contribution in [3.8, 4) is 0 Å². The quantitative estimate of drug-likeness (QED) is 0.0421. The first-order valence-corrected chi connectivity index (χ1v) is 27.5. The number of hydrogen-bond acceptors (Lipinski definition) is 3. The van der Waals surface area contributed by atoms with Crippen LogP contribution in [-0.4, -0.2) is 34.9 Å². The van der Waals surface area contributed by atoms with Crippen LogP contribution in [0.15, 0.2) is 60.8 Å². The van der Waals surface area contributed by atoms with Gasteiger partial charge in [0.25, 0.3) is 0 Å². The summed E-state index contributed by atoms with van der Waals surface area (Å²) in [6.07, 6.45) is 75.2. The minimum absolute atomic E-state index is 0.0852. The maximum absolute atomic E-state index is 12.4. The van der Waals surface area contributed by atoms with Gasteiger partial charge >= 0.3 is 0 Å². The van der Waals surface area contributed by atoms with Gasteiger partial charge in [-0.05, 0) is 70.6 Å². The van der Waals surface area contributed by atoms with Gasteiger partial charge in [0, 0.05) is 6.42 Å². The van der Waals surface area contributed by atoms with E-state index in [1.54, 1.807) is 6.08 Å². The molecule has 3 N–H and O–H groups in total. The maximum atomic E-state index is 12.4. The highest BCUT2D eigenvalue weighted by Crippen LogP contribution is 2.16. The number of allylic oxidation sites excluding steroid dienone is 9. The molecule has 0 aromatic rings. The Hall–Kier alpha value is -1.91. The van der Waals surface area contributed by atoms with Crippen molar-refractivity contribution in [1.82, 2.24) is 5.32 Å². The second-order valence-corrected chi connectivity index (χ2v) is 18.6. The summed E-state index contributed by atoms with van der Waals surface area (Å²) in [5, 5.41) is 23.1. The molecule has 2 atom stereocenters. The van der Waals surface area contributed by atoms with Crippen LogP contribution in [0.4, 0.5) is 0 Å². The first-order chi connectivity index (χ1) is 30.7. The van der Waals surface area contributed by atoms with Crippen LogP contribution in [0, 0.1) is 0 Å². The molecule has 0 bridgehead atoms. The van der Waals surface area contributed by atoms with Crippen molar-refractivity contribution >= 4 is 5.91 Å². The molecule has 0 aliphatic heterocycles. The molecule has 4 heteroatoms. The molecular formula is C58H107NO3. The molecule has 0 heterocycles. The average Bonchev–Trinajstić information content (AvgIpc) is 3.28.